The molecule has 1 aromatic carbocycles. The van der Waals surface area contributed by atoms with Crippen LogP contribution in [0.1, 0.15) is 6.42 Å². The predicted molar refractivity (Wildman–Crippen MR) is 71.4 cm³/mol. The zero-order chi connectivity index (χ0) is 14.4. The lowest BCUT2D eigenvalue weighted by atomic mass is 10.1. The minimum absolute atomic E-state index is 0.125. The maximum atomic E-state index is 11.8. The van der Waals surface area contributed by atoms with Gasteiger partial charge in [0.05, 0.1) is 19.2 Å². The van der Waals surface area contributed by atoms with E-state index in [1.54, 1.807) is 38.4 Å². The van der Waals surface area contributed by atoms with Crippen LogP contribution in [0.2, 0.25) is 0 Å². The molecule has 0 bridgehead atoms. The van der Waals surface area contributed by atoms with Gasteiger partial charge in [0.25, 0.3) is 0 Å². The van der Waals surface area contributed by atoms with Crippen LogP contribution in [0.25, 0.3) is 0 Å². The lowest BCUT2D eigenvalue weighted by Crippen LogP contribution is -2.38. The quantitative estimate of drug-likeness (QED) is 0.804. The largest absolute Gasteiger partial charge is 0.495 e. The molecule has 0 aliphatic rings. The van der Waals surface area contributed by atoms with Gasteiger partial charge in [-0.3, -0.25) is 14.5 Å². The number of carbonyl (C=O) groups is 2. The number of likely N-dealkylation sites (N-methyl/N-ethyl adjacent to an activating group) is 1. The van der Waals surface area contributed by atoms with Crippen LogP contribution in [0.15, 0.2) is 24.3 Å². The topological polar surface area (TPSA) is 78.9 Å². The van der Waals surface area contributed by atoms with Crippen molar-refractivity contribution in [2.75, 3.05) is 26.5 Å². The van der Waals surface area contributed by atoms with Crippen molar-refractivity contribution in [1.29, 1.82) is 0 Å². The van der Waals surface area contributed by atoms with Crippen molar-refractivity contribution >= 4 is 17.6 Å². The molecule has 0 aliphatic carbocycles. The summed E-state index contributed by atoms with van der Waals surface area (Å²) in [6.07, 6.45) is -0.125. The second-order valence-corrected chi connectivity index (χ2v) is 4.27. The Bertz CT molecular complexity index is 460. The zero-order valence-electron chi connectivity index (χ0n) is 11.2. The predicted octanol–water partition coefficient (Wildman–Crippen LogP) is 1.04. The van der Waals surface area contributed by atoms with Crippen molar-refractivity contribution in [3.05, 3.63) is 24.3 Å². The van der Waals surface area contributed by atoms with E-state index in [1.165, 1.54) is 12.0 Å². The second kappa shape index (κ2) is 6.75. The number of nitrogens with one attached hydrogen (secondary N) is 1. The molecule has 1 amide bonds. The van der Waals surface area contributed by atoms with E-state index in [4.69, 9.17) is 9.84 Å². The number of methoxy groups -OCH3 is 1. The van der Waals surface area contributed by atoms with E-state index in [0.717, 1.165) is 0 Å². The number of benzene rings is 1. The van der Waals surface area contributed by atoms with Gasteiger partial charge in [0.1, 0.15) is 11.8 Å². The van der Waals surface area contributed by atoms with Crippen molar-refractivity contribution in [2.24, 2.45) is 0 Å². The third-order valence-corrected chi connectivity index (χ3v) is 2.67. The average molecular weight is 266 g/mol. The van der Waals surface area contributed by atoms with Crippen LogP contribution < -0.4 is 10.1 Å². The highest BCUT2D eigenvalue weighted by Crippen LogP contribution is 2.23. The molecule has 6 nitrogen and oxygen atoms in total. The molecule has 0 heterocycles. The first kappa shape index (κ1) is 15.0. The molecule has 1 atom stereocenters. The molecule has 0 fully saturated rings. The fraction of sp³-hybridized carbons (Fsp3) is 0.385. The molecule has 6 heteroatoms. The number of anilines is 1. The van der Waals surface area contributed by atoms with Gasteiger partial charge in [0.15, 0.2) is 0 Å². The fourth-order valence-electron chi connectivity index (χ4n) is 1.62. The number of carboxylic acid groups (broad SMARTS) is 1. The van der Waals surface area contributed by atoms with E-state index in [9.17, 15) is 9.59 Å². The van der Waals surface area contributed by atoms with Gasteiger partial charge in [-0.2, -0.15) is 0 Å². The van der Waals surface area contributed by atoms with Gasteiger partial charge >= 0.3 is 5.97 Å². The summed E-state index contributed by atoms with van der Waals surface area (Å²) in [7, 11) is 4.75. The molecule has 0 radical (unpaired) electrons. The van der Waals surface area contributed by atoms with E-state index >= 15 is 0 Å². The normalized spacial score (nSPS) is 12.0. The van der Waals surface area contributed by atoms with Gasteiger partial charge < -0.3 is 15.2 Å². The van der Waals surface area contributed by atoms with Crippen LogP contribution in [0, 0.1) is 0 Å². The number of ether oxygens (including phenoxy) is 1. The molecular weight excluding hydrogens is 248 g/mol. The standard InChI is InChI=1S/C13H18N2O4/c1-15(2)10(13(17)18)8-12(16)14-9-6-4-5-7-11(9)19-3/h4-7,10H,8H2,1-3H3,(H,14,16)(H,17,18)/t10-/m1/s1. The maximum absolute atomic E-state index is 11.8. The number of nitrogens with zero attached hydrogens (tertiary/aromatic N) is 1. The first-order valence-corrected chi connectivity index (χ1v) is 5.77. The molecule has 104 valence electrons. The fourth-order valence-corrected chi connectivity index (χ4v) is 1.62. The minimum Gasteiger partial charge on any atom is -0.495 e. The SMILES string of the molecule is COc1ccccc1NC(=O)C[C@H](C(=O)O)N(C)C. The third kappa shape index (κ3) is 4.26. The Kier molecular flexibility index (Phi) is 5.32. The van der Waals surface area contributed by atoms with Crippen LogP contribution in [-0.4, -0.2) is 49.1 Å². The zero-order valence-corrected chi connectivity index (χ0v) is 11.2. The summed E-state index contributed by atoms with van der Waals surface area (Å²) in [5.74, 6) is -0.863. The molecule has 0 spiro atoms. The third-order valence-electron chi connectivity index (χ3n) is 2.67. The highest BCUT2D eigenvalue weighted by Gasteiger charge is 2.23. The van der Waals surface area contributed by atoms with Gasteiger partial charge in [-0.05, 0) is 26.2 Å². The Morgan fingerprint density at radius 3 is 2.53 bits per heavy atom. The number of carbonyl (C=O) groups excluding carboxylic acids is 1. The molecule has 0 aromatic heterocycles. The highest BCUT2D eigenvalue weighted by atomic mass is 16.5. The number of para-hydroxylation sites is 2. The number of carboxylic acids is 1. The number of rotatable bonds is 6. The smallest absolute Gasteiger partial charge is 0.321 e. The summed E-state index contributed by atoms with van der Waals surface area (Å²) in [6.45, 7) is 0. The van der Waals surface area contributed by atoms with E-state index in [-0.39, 0.29) is 12.3 Å². The Labute approximate surface area is 112 Å². The number of hydrogen-bond donors (Lipinski definition) is 2. The first-order chi connectivity index (χ1) is 8.95. The van der Waals surface area contributed by atoms with Crippen molar-refractivity contribution in [1.82, 2.24) is 4.90 Å². The Balaban J connectivity index is 2.72. The Hall–Kier alpha value is -2.08. The van der Waals surface area contributed by atoms with Crippen LogP contribution >= 0.6 is 0 Å². The van der Waals surface area contributed by atoms with Crippen LogP contribution in [-0.2, 0) is 9.59 Å². The van der Waals surface area contributed by atoms with Crippen molar-refractivity contribution in [3.8, 4) is 5.75 Å². The second-order valence-electron chi connectivity index (χ2n) is 4.27. The van der Waals surface area contributed by atoms with E-state index in [0.29, 0.717) is 11.4 Å². The molecule has 0 saturated carbocycles. The summed E-state index contributed by atoms with van der Waals surface area (Å²) in [4.78, 5) is 24.3. The van der Waals surface area contributed by atoms with Crippen LogP contribution in [0.3, 0.4) is 0 Å². The average Bonchev–Trinajstić information content (AvgIpc) is 2.36. The van der Waals surface area contributed by atoms with E-state index in [2.05, 4.69) is 5.32 Å². The monoisotopic (exact) mass is 266 g/mol. The number of hydrogen-bond acceptors (Lipinski definition) is 4. The van der Waals surface area contributed by atoms with E-state index < -0.39 is 12.0 Å². The Morgan fingerprint density at radius 2 is 2.00 bits per heavy atom. The molecular formula is C13H18N2O4. The highest BCUT2D eigenvalue weighted by molar-refractivity contribution is 5.95. The lowest BCUT2D eigenvalue weighted by Gasteiger charge is -2.19. The summed E-state index contributed by atoms with van der Waals surface area (Å²) in [5, 5.41) is 11.7. The van der Waals surface area contributed by atoms with Gasteiger partial charge in [-0.1, -0.05) is 12.1 Å². The van der Waals surface area contributed by atoms with Gasteiger partial charge in [0.2, 0.25) is 5.91 Å². The molecule has 2 N–H and O–H groups in total. The number of aliphatic carboxylic acids is 1. The van der Waals surface area contributed by atoms with Crippen molar-refractivity contribution < 1.29 is 19.4 Å². The number of amides is 1. The van der Waals surface area contributed by atoms with Gasteiger partial charge in [0, 0.05) is 0 Å². The first-order valence-electron chi connectivity index (χ1n) is 5.77. The minimum atomic E-state index is -1.03. The van der Waals surface area contributed by atoms with Crippen LogP contribution in [0.4, 0.5) is 5.69 Å². The molecule has 1 rings (SSSR count). The summed E-state index contributed by atoms with van der Waals surface area (Å²) < 4.78 is 5.10. The van der Waals surface area contributed by atoms with Crippen molar-refractivity contribution in [3.63, 3.8) is 0 Å². The molecule has 0 saturated heterocycles. The molecule has 0 unspecified atom stereocenters. The van der Waals surface area contributed by atoms with E-state index in [1.807, 2.05) is 0 Å². The lowest BCUT2D eigenvalue weighted by molar-refractivity contribution is -0.144. The van der Waals surface area contributed by atoms with Gasteiger partial charge in [-0.25, -0.2) is 0 Å². The summed E-state index contributed by atoms with van der Waals surface area (Å²) >= 11 is 0. The van der Waals surface area contributed by atoms with Crippen molar-refractivity contribution in [2.45, 2.75) is 12.5 Å². The maximum Gasteiger partial charge on any atom is 0.321 e. The molecule has 0 aliphatic heterocycles. The Morgan fingerprint density at radius 1 is 1.37 bits per heavy atom. The van der Waals surface area contributed by atoms with Gasteiger partial charge in [-0.15, -0.1) is 0 Å². The van der Waals surface area contributed by atoms with Crippen LogP contribution in [0.5, 0.6) is 5.75 Å². The summed E-state index contributed by atoms with van der Waals surface area (Å²) in [6, 6.07) is 6.11. The molecule has 1 aromatic rings. The summed E-state index contributed by atoms with van der Waals surface area (Å²) in [5.41, 5.74) is 0.526. The molecule has 19 heavy (non-hydrogen) atoms.